The van der Waals surface area contributed by atoms with Crippen molar-refractivity contribution in [3.8, 4) is 11.4 Å². The number of halogens is 1. The predicted molar refractivity (Wildman–Crippen MR) is 93.7 cm³/mol. The van der Waals surface area contributed by atoms with Crippen LogP contribution in [-0.2, 0) is 13.2 Å². The number of hydrogen-bond acceptors (Lipinski definition) is 5. The van der Waals surface area contributed by atoms with Crippen LogP contribution in [0, 0.1) is 0 Å². The van der Waals surface area contributed by atoms with Crippen LogP contribution < -0.4 is 0 Å². The van der Waals surface area contributed by atoms with Gasteiger partial charge in [0, 0.05) is 29.0 Å². The Hall–Kier alpha value is -1.70. The number of nitrogens with zero attached hydrogens (tertiary/aromatic N) is 5. The summed E-state index contributed by atoms with van der Waals surface area (Å²) in [5.41, 5.74) is 2.33. The molecule has 23 heavy (non-hydrogen) atoms. The van der Waals surface area contributed by atoms with Gasteiger partial charge in [0.05, 0.1) is 12.5 Å². The summed E-state index contributed by atoms with van der Waals surface area (Å²) in [6, 6.07) is 12.2. The smallest absolute Gasteiger partial charge is 0.193 e. The molecule has 0 N–H and O–H groups in total. The van der Waals surface area contributed by atoms with E-state index in [4.69, 9.17) is 0 Å². The Morgan fingerprint density at radius 1 is 1.09 bits per heavy atom. The van der Waals surface area contributed by atoms with Gasteiger partial charge in [-0.05, 0) is 23.8 Å². The van der Waals surface area contributed by atoms with Crippen molar-refractivity contribution in [2.45, 2.75) is 18.4 Å². The lowest BCUT2D eigenvalue weighted by Crippen LogP contribution is -2.30. The van der Waals surface area contributed by atoms with E-state index in [1.807, 2.05) is 30.6 Å². The van der Waals surface area contributed by atoms with Crippen LogP contribution in [0.3, 0.4) is 0 Å². The first-order valence-electron chi connectivity index (χ1n) is 7.23. The van der Waals surface area contributed by atoms with Crippen molar-refractivity contribution in [1.82, 2.24) is 24.6 Å². The third-order valence-electron chi connectivity index (χ3n) is 3.70. The van der Waals surface area contributed by atoms with Gasteiger partial charge in [0.15, 0.2) is 11.0 Å². The lowest BCUT2D eigenvalue weighted by Gasteiger charge is -2.27. The maximum atomic E-state index is 4.40. The number of rotatable bonds is 3. The van der Waals surface area contributed by atoms with E-state index >= 15 is 0 Å². The van der Waals surface area contributed by atoms with Crippen molar-refractivity contribution in [2.24, 2.45) is 0 Å². The molecule has 0 bridgehead atoms. The maximum absolute atomic E-state index is 4.40. The van der Waals surface area contributed by atoms with E-state index < -0.39 is 0 Å². The van der Waals surface area contributed by atoms with Gasteiger partial charge in [-0.25, -0.2) is 0 Å². The van der Waals surface area contributed by atoms with Crippen LogP contribution in [-0.4, -0.2) is 30.5 Å². The normalized spacial score (nSPS) is 14.7. The summed E-state index contributed by atoms with van der Waals surface area (Å²) in [5, 5.41) is 9.70. The van der Waals surface area contributed by atoms with Crippen molar-refractivity contribution in [1.29, 1.82) is 0 Å². The maximum Gasteiger partial charge on any atom is 0.193 e. The third-order valence-corrected chi connectivity index (χ3v) is 5.45. The number of pyridine rings is 1. The van der Waals surface area contributed by atoms with Gasteiger partial charge < -0.3 is 0 Å². The number of benzene rings is 1. The van der Waals surface area contributed by atoms with Crippen LogP contribution in [0.2, 0.25) is 0 Å². The monoisotopic (exact) mass is 387 g/mol. The summed E-state index contributed by atoms with van der Waals surface area (Å²) in [6.07, 6.45) is 3.67. The van der Waals surface area contributed by atoms with E-state index in [0.717, 1.165) is 40.1 Å². The highest BCUT2D eigenvalue weighted by Gasteiger charge is 2.23. The fourth-order valence-corrected chi connectivity index (χ4v) is 3.93. The van der Waals surface area contributed by atoms with E-state index in [-0.39, 0.29) is 0 Å². The zero-order valence-corrected chi connectivity index (χ0v) is 14.7. The average molecular weight is 388 g/mol. The molecule has 0 saturated heterocycles. The summed E-state index contributed by atoms with van der Waals surface area (Å²) in [5.74, 6) is 1.82. The highest BCUT2D eigenvalue weighted by Crippen LogP contribution is 2.32. The first kappa shape index (κ1) is 14.9. The number of hydrogen-bond donors (Lipinski definition) is 0. The van der Waals surface area contributed by atoms with Crippen LogP contribution in [0.15, 0.2) is 58.4 Å². The Morgan fingerprint density at radius 2 is 1.91 bits per heavy atom. The van der Waals surface area contributed by atoms with Gasteiger partial charge in [-0.15, -0.1) is 10.2 Å². The molecule has 0 aliphatic carbocycles. The molecular formula is C16H14BrN5S. The standard InChI is InChI=1S/C16H14BrN5S/c17-14-4-2-1-3-13(14)15-19-20-16-22(15)10-21(11-23-16)9-12-5-7-18-8-6-12/h1-8H,9-11H2. The topological polar surface area (TPSA) is 46.8 Å². The van der Waals surface area contributed by atoms with Gasteiger partial charge in [0.2, 0.25) is 0 Å². The molecule has 116 valence electrons. The van der Waals surface area contributed by atoms with Gasteiger partial charge in [-0.2, -0.15) is 0 Å². The highest BCUT2D eigenvalue weighted by atomic mass is 79.9. The van der Waals surface area contributed by atoms with E-state index in [2.05, 4.69) is 58.8 Å². The summed E-state index contributed by atoms with van der Waals surface area (Å²) in [4.78, 5) is 6.45. The lowest BCUT2D eigenvalue weighted by molar-refractivity contribution is 0.231. The summed E-state index contributed by atoms with van der Waals surface area (Å²) >= 11 is 5.33. The lowest BCUT2D eigenvalue weighted by atomic mass is 10.2. The SMILES string of the molecule is Brc1ccccc1-c1nnc2n1CN(Cc1ccncc1)CS2. The minimum atomic E-state index is 0.786. The van der Waals surface area contributed by atoms with Crippen LogP contribution in [0.4, 0.5) is 0 Å². The van der Waals surface area contributed by atoms with Crippen LogP contribution in [0.25, 0.3) is 11.4 Å². The fraction of sp³-hybridized carbons (Fsp3) is 0.188. The Kier molecular flexibility index (Phi) is 4.15. The highest BCUT2D eigenvalue weighted by molar-refractivity contribution is 9.10. The van der Waals surface area contributed by atoms with Crippen LogP contribution >= 0.6 is 27.7 Å². The predicted octanol–water partition coefficient (Wildman–Crippen LogP) is 3.63. The molecule has 4 rings (SSSR count). The first-order chi connectivity index (χ1) is 11.3. The van der Waals surface area contributed by atoms with Gasteiger partial charge in [0.25, 0.3) is 0 Å². The second-order valence-electron chi connectivity index (χ2n) is 5.31. The number of thioether (sulfide) groups is 1. The van der Waals surface area contributed by atoms with Crippen molar-refractivity contribution in [3.63, 3.8) is 0 Å². The van der Waals surface area contributed by atoms with E-state index in [1.54, 1.807) is 11.8 Å². The Balaban J connectivity index is 1.62. The Labute approximate surface area is 146 Å². The van der Waals surface area contributed by atoms with Crippen LogP contribution in [0.1, 0.15) is 5.56 Å². The van der Waals surface area contributed by atoms with Crippen molar-refractivity contribution < 1.29 is 0 Å². The second kappa shape index (κ2) is 6.43. The van der Waals surface area contributed by atoms with E-state index in [1.165, 1.54) is 5.56 Å². The molecule has 0 saturated carbocycles. The Bertz CT molecular complexity index is 820. The molecule has 7 heteroatoms. The summed E-state index contributed by atoms with van der Waals surface area (Å²) < 4.78 is 3.21. The molecule has 1 aromatic carbocycles. The molecule has 0 atom stereocenters. The van der Waals surface area contributed by atoms with Gasteiger partial charge >= 0.3 is 0 Å². The number of fused-ring (bicyclic) bond motifs is 1. The quantitative estimate of drug-likeness (QED) is 0.686. The van der Waals surface area contributed by atoms with E-state index in [0.29, 0.717) is 0 Å². The van der Waals surface area contributed by atoms with Crippen molar-refractivity contribution >= 4 is 27.7 Å². The molecule has 0 amide bonds. The minimum absolute atomic E-state index is 0.786. The average Bonchev–Trinajstić information content (AvgIpc) is 2.99. The first-order valence-corrected chi connectivity index (χ1v) is 9.01. The largest absolute Gasteiger partial charge is 0.288 e. The van der Waals surface area contributed by atoms with Gasteiger partial charge in [0.1, 0.15) is 0 Å². The minimum Gasteiger partial charge on any atom is -0.288 e. The molecule has 0 unspecified atom stereocenters. The molecule has 1 aliphatic heterocycles. The second-order valence-corrected chi connectivity index (χ2v) is 7.08. The zero-order chi connectivity index (χ0) is 15.6. The summed E-state index contributed by atoms with van der Waals surface area (Å²) in [6.45, 7) is 1.68. The molecule has 0 fully saturated rings. The fourth-order valence-electron chi connectivity index (χ4n) is 2.60. The van der Waals surface area contributed by atoms with Gasteiger partial charge in [-0.1, -0.05) is 45.9 Å². The van der Waals surface area contributed by atoms with Crippen molar-refractivity contribution in [2.75, 3.05) is 5.88 Å². The summed E-state index contributed by atoms with van der Waals surface area (Å²) in [7, 11) is 0. The molecule has 3 heterocycles. The van der Waals surface area contributed by atoms with Crippen molar-refractivity contribution in [3.05, 3.63) is 58.8 Å². The molecular weight excluding hydrogens is 374 g/mol. The molecule has 1 aliphatic rings. The third kappa shape index (κ3) is 3.04. The van der Waals surface area contributed by atoms with Gasteiger partial charge in [-0.3, -0.25) is 14.5 Å². The zero-order valence-electron chi connectivity index (χ0n) is 12.3. The number of aromatic nitrogens is 4. The van der Waals surface area contributed by atoms with E-state index in [9.17, 15) is 0 Å². The molecule has 5 nitrogen and oxygen atoms in total. The molecule has 3 aromatic rings. The molecule has 0 spiro atoms. The Morgan fingerprint density at radius 3 is 2.74 bits per heavy atom. The molecule has 2 aromatic heterocycles. The molecule has 0 radical (unpaired) electrons. The van der Waals surface area contributed by atoms with Crippen LogP contribution in [0.5, 0.6) is 0 Å².